The third-order valence-electron chi connectivity index (χ3n) is 3.55. The van der Waals surface area contributed by atoms with Gasteiger partial charge in [-0.2, -0.15) is 0 Å². The number of hydrogen-bond acceptors (Lipinski definition) is 6. The number of nitrogens with zero attached hydrogens (tertiary/aromatic N) is 3. The Balaban J connectivity index is 1.87. The highest BCUT2D eigenvalue weighted by Crippen LogP contribution is 2.23. The number of aromatic nitrogens is 3. The number of benzene rings is 1. The molecule has 1 aromatic carbocycles. The zero-order valence-electron chi connectivity index (χ0n) is 15.7. The smallest absolute Gasteiger partial charge is 0.230 e. The van der Waals surface area contributed by atoms with Crippen LogP contribution < -0.4 is 10.1 Å². The lowest BCUT2D eigenvalue weighted by Crippen LogP contribution is -2.27. The summed E-state index contributed by atoms with van der Waals surface area (Å²) in [7, 11) is 1.63. The number of aryl methyl sites for hydroxylation is 1. The molecule has 0 saturated heterocycles. The van der Waals surface area contributed by atoms with E-state index in [1.165, 1.54) is 11.8 Å². The molecular formula is C18H26N4O3S. The van der Waals surface area contributed by atoms with E-state index in [-0.39, 0.29) is 12.0 Å². The van der Waals surface area contributed by atoms with E-state index in [1.54, 1.807) is 7.11 Å². The monoisotopic (exact) mass is 378 g/mol. The summed E-state index contributed by atoms with van der Waals surface area (Å²) in [5, 5.41) is 11.9. The Kier molecular flexibility index (Phi) is 7.93. The number of hydrogen-bond donors (Lipinski definition) is 1. The maximum absolute atomic E-state index is 12.0. The first kappa shape index (κ1) is 20.3. The van der Waals surface area contributed by atoms with Crippen molar-refractivity contribution in [1.29, 1.82) is 0 Å². The lowest BCUT2D eigenvalue weighted by atomic mass is 10.3. The molecule has 142 valence electrons. The lowest BCUT2D eigenvalue weighted by Gasteiger charge is -2.10. The average Bonchev–Trinajstić information content (AvgIpc) is 3.00. The Hall–Kier alpha value is -2.06. The molecule has 0 radical (unpaired) electrons. The molecule has 7 nitrogen and oxygen atoms in total. The molecule has 1 heterocycles. The number of methoxy groups -OCH3 is 1. The van der Waals surface area contributed by atoms with E-state index >= 15 is 0 Å². The number of amides is 1. The molecule has 0 aliphatic rings. The predicted octanol–water partition coefficient (Wildman–Crippen LogP) is 2.61. The van der Waals surface area contributed by atoms with Gasteiger partial charge in [0.05, 0.1) is 19.0 Å². The first-order chi connectivity index (χ1) is 12.5. The molecule has 2 aromatic rings. The van der Waals surface area contributed by atoms with Gasteiger partial charge in [0.2, 0.25) is 5.91 Å². The van der Waals surface area contributed by atoms with Gasteiger partial charge >= 0.3 is 0 Å². The minimum atomic E-state index is -0.0264. The topological polar surface area (TPSA) is 78.3 Å². The molecule has 0 aliphatic heterocycles. The second-order valence-electron chi connectivity index (χ2n) is 5.97. The highest BCUT2D eigenvalue weighted by atomic mass is 32.2. The van der Waals surface area contributed by atoms with Gasteiger partial charge in [-0.25, -0.2) is 0 Å². The van der Waals surface area contributed by atoms with E-state index in [9.17, 15) is 4.79 Å². The summed E-state index contributed by atoms with van der Waals surface area (Å²) in [5.41, 5.74) is 0.932. The first-order valence-corrected chi connectivity index (χ1v) is 9.57. The first-order valence-electron chi connectivity index (χ1n) is 8.58. The second-order valence-corrected chi connectivity index (χ2v) is 6.92. The van der Waals surface area contributed by atoms with E-state index in [2.05, 4.69) is 15.5 Å². The summed E-state index contributed by atoms with van der Waals surface area (Å²) < 4.78 is 12.6. The van der Waals surface area contributed by atoms with Crippen LogP contribution in [-0.2, 0) is 9.53 Å². The molecule has 0 bridgehead atoms. The molecule has 1 N–H and O–H groups in total. The highest BCUT2D eigenvalue weighted by Gasteiger charge is 2.13. The van der Waals surface area contributed by atoms with Crippen molar-refractivity contribution in [3.8, 4) is 11.4 Å². The number of thioether (sulfide) groups is 1. The molecule has 1 aromatic heterocycles. The fraction of sp³-hybridized carbons (Fsp3) is 0.500. The van der Waals surface area contributed by atoms with Gasteiger partial charge in [-0.15, -0.1) is 10.2 Å². The molecule has 0 fully saturated rings. The number of rotatable bonds is 10. The largest absolute Gasteiger partial charge is 0.497 e. The Morgan fingerprint density at radius 3 is 2.65 bits per heavy atom. The van der Waals surface area contributed by atoms with Crippen LogP contribution in [0.5, 0.6) is 5.75 Å². The fourth-order valence-electron chi connectivity index (χ4n) is 2.27. The van der Waals surface area contributed by atoms with Crippen molar-refractivity contribution in [3.63, 3.8) is 0 Å². The molecule has 2 rings (SSSR count). The van der Waals surface area contributed by atoms with Crippen LogP contribution in [0.1, 0.15) is 26.1 Å². The maximum atomic E-state index is 12.0. The summed E-state index contributed by atoms with van der Waals surface area (Å²) in [6, 6.07) is 7.65. The van der Waals surface area contributed by atoms with Crippen molar-refractivity contribution < 1.29 is 14.3 Å². The number of ether oxygens (including phenoxy) is 2. The van der Waals surface area contributed by atoms with Crippen LogP contribution >= 0.6 is 11.8 Å². The number of nitrogens with one attached hydrogen (secondary N) is 1. The van der Waals surface area contributed by atoms with Gasteiger partial charge in [0.25, 0.3) is 0 Å². The summed E-state index contributed by atoms with van der Waals surface area (Å²) in [5.74, 6) is 1.82. The third kappa shape index (κ3) is 6.03. The van der Waals surface area contributed by atoms with E-state index in [0.29, 0.717) is 24.1 Å². The molecule has 0 spiro atoms. The van der Waals surface area contributed by atoms with Gasteiger partial charge in [0.1, 0.15) is 11.6 Å². The molecular weight excluding hydrogens is 352 g/mol. The fourth-order valence-corrected chi connectivity index (χ4v) is 3.09. The van der Waals surface area contributed by atoms with Gasteiger partial charge in [-0.3, -0.25) is 9.36 Å². The lowest BCUT2D eigenvalue weighted by molar-refractivity contribution is -0.118. The van der Waals surface area contributed by atoms with Crippen molar-refractivity contribution in [3.05, 3.63) is 30.1 Å². The van der Waals surface area contributed by atoms with Crippen molar-refractivity contribution in [2.24, 2.45) is 0 Å². The van der Waals surface area contributed by atoms with Gasteiger partial charge in [-0.05, 0) is 51.5 Å². The van der Waals surface area contributed by atoms with Crippen molar-refractivity contribution in [2.75, 3.05) is 26.0 Å². The summed E-state index contributed by atoms with van der Waals surface area (Å²) in [6.07, 6.45) is 1.02. The number of carbonyl (C=O) groups excluding carboxylic acids is 1. The third-order valence-corrected chi connectivity index (χ3v) is 4.48. The Bertz CT molecular complexity index is 701. The van der Waals surface area contributed by atoms with Crippen molar-refractivity contribution in [1.82, 2.24) is 20.1 Å². The predicted molar refractivity (Wildman–Crippen MR) is 102 cm³/mol. The Labute approximate surface area is 158 Å². The molecule has 0 aliphatic carbocycles. The van der Waals surface area contributed by atoms with Crippen LogP contribution in [0.15, 0.2) is 29.4 Å². The number of carbonyl (C=O) groups is 1. The van der Waals surface area contributed by atoms with E-state index < -0.39 is 0 Å². The van der Waals surface area contributed by atoms with Crippen molar-refractivity contribution in [2.45, 2.75) is 38.5 Å². The minimum absolute atomic E-state index is 0.0264. The summed E-state index contributed by atoms with van der Waals surface area (Å²) in [4.78, 5) is 12.0. The molecule has 8 heteroatoms. The van der Waals surface area contributed by atoms with Crippen LogP contribution in [0.25, 0.3) is 5.69 Å². The van der Waals surface area contributed by atoms with Gasteiger partial charge in [0.15, 0.2) is 5.16 Å². The SMILES string of the molecule is COc1ccc(-n2c(C)nnc2SCC(=O)NCCCOC(C)C)cc1. The van der Waals surface area contributed by atoms with Crippen LogP contribution in [-0.4, -0.2) is 52.8 Å². The van der Waals surface area contributed by atoms with Crippen LogP contribution in [0.4, 0.5) is 0 Å². The normalized spacial score (nSPS) is 11.0. The van der Waals surface area contributed by atoms with E-state index in [0.717, 1.165) is 23.7 Å². The van der Waals surface area contributed by atoms with Gasteiger partial charge < -0.3 is 14.8 Å². The van der Waals surface area contributed by atoms with E-state index in [1.807, 2.05) is 49.6 Å². The Morgan fingerprint density at radius 1 is 1.27 bits per heavy atom. The van der Waals surface area contributed by atoms with Gasteiger partial charge in [-0.1, -0.05) is 11.8 Å². The summed E-state index contributed by atoms with van der Waals surface area (Å²) in [6.45, 7) is 7.13. The maximum Gasteiger partial charge on any atom is 0.230 e. The van der Waals surface area contributed by atoms with Gasteiger partial charge in [0, 0.05) is 18.8 Å². The Morgan fingerprint density at radius 2 is 2.00 bits per heavy atom. The zero-order chi connectivity index (χ0) is 18.9. The molecule has 0 unspecified atom stereocenters. The molecule has 1 amide bonds. The van der Waals surface area contributed by atoms with Crippen LogP contribution in [0.2, 0.25) is 0 Å². The standard InChI is InChI=1S/C18H26N4O3S/c1-13(2)25-11-5-10-19-17(23)12-26-18-21-20-14(3)22(18)15-6-8-16(24-4)9-7-15/h6-9,13H,5,10-12H2,1-4H3,(H,19,23). The van der Waals surface area contributed by atoms with Crippen LogP contribution in [0.3, 0.4) is 0 Å². The zero-order valence-corrected chi connectivity index (χ0v) is 16.5. The van der Waals surface area contributed by atoms with Crippen molar-refractivity contribution >= 4 is 17.7 Å². The highest BCUT2D eigenvalue weighted by molar-refractivity contribution is 7.99. The molecule has 26 heavy (non-hydrogen) atoms. The minimum Gasteiger partial charge on any atom is -0.497 e. The molecule has 0 saturated carbocycles. The van der Waals surface area contributed by atoms with Crippen LogP contribution in [0, 0.1) is 6.92 Å². The molecule has 0 atom stereocenters. The van der Waals surface area contributed by atoms with E-state index in [4.69, 9.17) is 9.47 Å². The second kappa shape index (κ2) is 10.2. The quantitative estimate of drug-likeness (QED) is 0.506. The average molecular weight is 378 g/mol. The summed E-state index contributed by atoms with van der Waals surface area (Å²) >= 11 is 1.36.